The van der Waals surface area contributed by atoms with Gasteiger partial charge in [0.25, 0.3) is 5.91 Å². The minimum atomic E-state index is -0.176. The summed E-state index contributed by atoms with van der Waals surface area (Å²) in [6.45, 7) is 0.462. The van der Waals surface area contributed by atoms with Gasteiger partial charge in [-0.25, -0.2) is 0 Å². The molecular weight excluding hydrogens is 204 g/mol. The van der Waals surface area contributed by atoms with Gasteiger partial charge in [0.15, 0.2) is 0 Å². The lowest BCUT2D eigenvalue weighted by Gasteiger charge is -2.02. The average molecular weight is 216 g/mol. The highest BCUT2D eigenvalue weighted by Crippen LogP contribution is 1.97. The van der Waals surface area contributed by atoms with Crippen molar-refractivity contribution in [2.24, 2.45) is 7.05 Å². The standard InChI is InChI=1S/C11H12N4O/c1-15-6-4-10(14-15)11(16)13-8-9-3-2-5-12-7-9/h2-7H,8H2,1H3,(H,13,16). The molecule has 1 amide bonds. The third-order valence-electron chi connectivity index (χ3n) is 2.12. The average Bonchev–Trinajstić information content (AvgIpc) is 2.74. The number of carbonyl (C=O) groups is 1. The molecule has 0 aliphatic carbocycles. The van der Waals surface area contributed by atoms with Gasteiger partial charge in [-0.2, -0.15) is 5.10 Å². The summed E-state index contributed by atoms with van der Waals surface area (Å²) < 4.78 is 1.60. The summed E-state index contributed by atoms with van der Waals surface area (Å²) >= 11 is 0. The molecule has 1 N–H and O–H groups in total. The number of aryl methyl sites for hydroxylation is 1. The zero-order chi connectivity index (χ0) is 11.4. The summed E-state index contributed by atoms with van der Waals surface area (Å²) in [5, 5.41) is 6.79. The van der Waals surface area contributed by atoms with Crippen molar-refractivity contribution in [1.29, 1.82) is 0 Å². The fraction of sp³-hybridized carbons (Fsp3) is 0.182. The first-order chi connectivity index (χ1) is 7.75. The van der Waals surface area contributed by atoms with E-state index in [0.717, 1.165) is 5.56 Å². The molecule has 0 bridgehead atoms. The zero-order valence-corrected chi connectivity index (χ0v) is 8.92. The number of aromatic nitrogens is 3. The number of amides is 1. The fourth-order valence-corrected chi connectivity index (χ4v) is 1.31. The van der Waals surface area contributed by atoms with E-state index in [1.165, 1.54) is 0 Å². The number of nitrogens with zero attached hydrogens (tertiary/aromatic N) is 3. The Balaban J connectivity index is 1.94. The SMILES string of the molecule is Cn1ccc(C(=O)NCc2cccnc2)n1. The first-order valence-corrected chi connectivity index (χ1v) is 4.92. The second kappa shape index (κ2) is 4.57. The van der Waals surface area contributed by atoms with Gasteiger partial charge in [0.05, 0.1) is 0 Å². The Morgan fingerprint density at radius 1 is 1.50 bits per heavy atom. The monoisotopic (exact) mass is 216 g/mol. The van der Waals surface area contributed by atoms with Gasteiger partial charge in [0, 0.05) is 32.2 Å². The first kappa shape index (κ1) is 10.4. The van der Waals surface area contributed by atoms with Crippen LogP contribution in [0.5, 0.6) is 0 Å². The van der Waals surface area contributed by atoms with Crippen molar-refractivity contribution >= 4 is 5.91 Å². The molecule has 5 heteroatoms. The lowest BCUT2D eigenvalue weighted by atomic mass is 10.3. The Hall–Kier alpha value is -2.17. The van der Waals surface area contributed by atoms with Gasteiger partial charge in [0.2, 0.25) is 0 Å². The van der Waals surface area contributed by atoms with Crippen molar-refractivity contribution in [3.63, 3.8) is 0 Å². The van der Waals surface area contributed by atoms with Gasteiger partial charge in [-0.15, -0.1) is 0 Å². The van der Waals surface area contributed by atoms with Crippen LogP contribution in [0.15, 0.2) is 36.8 Å². The number of carbonyl (C=O) groups excluding carboxylic acids is 1. The molecule has 0 saturated carbocycles. The molecule has 0 aromatic carbocycles. The van der Waals surface area contributed by atoms with E-state index in [0.29, 0.717) is 12.2 Å². The van der Waals surface area contributed by atoms with E-state index in [2.05, 4.69) is 15.4 Å². The Morgan fingerprint density at radius 2 is 2.38 bits per heavy atom. The Labute approximate surface area is 93.1 Å². The van der Waals surface area contributed by atoms with Gasteiger partial charge >= 0.3 is 0 Å². The third-order valence-corrected chi connectivity index (χ3v) is 2.12. The van der Waals surface area contributed by atoms with Gasteiger partial charge in [-0.1, -0.05) is 6.07 Å². The van der Waals surface area contributed by atoms with Crippen LogP contribution in [-0.2, 0) is 13.6 Å². The van der Waals surface area contributed by atoms with Crippen LogP contribution >= 0.6 is 0 Å². The highest BCUT2D eigenvalue weighted by Gasteiger charge is 2.07. The predicted molar refractivity (Wildman–Crippen MR) is 58.6 cm³/mol. The molecule has 0 fully saturated rings. The largest absolute Gasteiger partial charge is 0.347 e. The smallest absolute Gasteiger partial charge is 0.272 e. The molecule has 0 aliphatic rings. The van der Waals surface area contributed by atoms with Crippen LogP contribution in [0.2, 0.25) is 0 Å². The maximum atomic E-state index is 11.6. The molecule has 2 heterocycles. The van der Waals surface area contributed by atoms with Gasteiger partial charge < -0.3 is 5.32 Å². The lowest BCUT2D eigenvalue weighted by molar-refractivity contribution is 0.0945. The normalized spacial score (nSPS) is 10.1. The number of hydrogen-bond donors (Lipinski definition) is 1. The Bertz CT molecular complexity index is 478. The molecule has 2 aromatic rings. The van der Waals surface area contributed by atoms with E-state index in [1.54, 1.807) is 36.4 Å². The molecule has 16 heavy (non-hydrogen) atoms. The Morgan fingerprint density at radius 3 is 3.00 bits per heavy atom. The van der Waals surface area contributed by atoms with Gasteiger partial charge in [0.1, 0.15) is 5.69 Å². The van der Waals surface area contributed by atoms with Crippen molar-refractivity contribution in [2.75, 3.05) is 0 Å². The quantitative estimate of drug-likeness (QED) is 0.823. The minimum absolute atomic E-state index is 0.176. The Kier molecular flexibility index (Phi) is 2.95. The molecule has 0 aliphatic heterocycles. The summed E-state index contributed by atoms with van der Waals surface area (Å²) in [4.78, 5) is 15.6. The second-order valence-corrected chi connectivity index (χ2v) is 3.42. The molecule has 0 unspecified atom stereocenters. The molecule has 82 valence electrons. The number of hydrogen-bond acceptors (Lipinski definition) is 3. The van der Waals surface area contributed by atoms with Crippen LogP contribution in [0, 0.1) is 0 Å². The third kappa shape index (κ3) is 2.44. The van der Waals surface area contributed by atoms with Crippen molar-refractivity contribution in [3.05, 3.63) is 48.0 Å². The summed E-state index contributed by atoms with van der Waals surface area (Å²) in [7, 11) is 1.78. The molecule has 0 spiro atoms. The topological polar surface area (TPSA) is 59.8 Å². The van der Waals surface area contributed by atoms with Crippen molar-refractivity contribution in [1.82, 2.24) is 20.1 Å². The summed E-state index contributed by atoms with van der Waals surface area (Å²) in [6.07, 6.45) is 5.15. The molecule has 0 radical (unpaired) electrons. The number of pyridine rings is 1. The fourth-order valence-electron chi connectivity index (χ4n) is 1.31. The number of rotatable bonds is 3. The zero-order valence-electron chi connectivity index (χ0n) is 8.92. The molecular formula is C11H12N4O. The maximum Gasteiger partial charge on any atom is 0.272 e. The highest BCUT2D eigenvalue weighted by molar-refractivity contribution is 5.92. The first-order valence-electron chi connectivity index (χ1n) is 4.92. The van der Waals surface area contributed by atoms with Crippen molar-refractivity contribution < 1.29 is 4.79 Å². The number of nitrogens with one attached hydrogen (secondary N) is 1. The molecule has 0 atom stereocenters. The van der Waals surface area contributed by atoms with Crippen LogP contribution < -0.4 is 5.32 Å². The highest BCUT2D eigenvalue weighted by atomic mass is 16.1. The summed E-state index contributed by atoms with van der Waals surface area (Å²) in [5.74, 6) is -0.176. The van der Waals surface area contributed by atoms with Crippen molar-refractivity contribution in [3.8, 4) is 0 Å². The van der Waals surface area contributed by atoms with Crippen LogP contribution in [0.1, 0.15) is 16.1 Å². The van der Waals surface area contributed by atoms with Gasteiger partial charge in [-0.3, -0.25) is 14.5 Å². The van der Waals surface area contributed by atoms with E-state index < -0.39 is 0 Å². The summed E-state index contributed by atoms with van der Waals surface area (Å²) in [5.41, 5.74) is 1.39. The predicted octanol–water partition coefficient (Wildman–Crippen LogP) is 0.745. The molecule has 0 saturated heterocycles. The lowest BCUT2D eigenvalue weighted by Crippen LogP contribution is -2.23. The van der Waals surface area contributed by atoms with Crippen LogP contribution in [0.4, 0.5) is 0 Å². The van der Waals surface area contributed by atoms with E-state index in [-0.39, 0.29) is 5.91 Å². The minimum Gasteiger partial charge on any atom is -0.347 e. The summed E-state index contributed by atoms with van der Waals surface area (Å²) in [6, 6.07) is 5.42. The molecule has 5 nitrogen and oxygen atoms in total. The van der Waals surface area contributed by atoms with Gasteiger partial charge in [-0.05, 0) is 17.7 Å². The van der Waals surface area contributed by atoms with Crippen LogP contribution in [-0.4, -0.2) is 20.7 Å². The van der Waals surface area contributed by atoms with E-state index >= 15 is 0 Å². The van der Waals surface area contributed by atoms with Crippen LogP contribution in [0.3, 0.4) is 0 Å². The van der Waals surface area contributed by atoms with E-state index in [9.17, 15) is 4.79 Å². The maximum absolute atomic E-state index is 11.6. The van der Waals surface area contributed by atoms with E-state index in [4.69, 9.17) is 0 Å². The molecule has 2 aromatic heterocycles. The van der Waals surface area contributed by atoms with E-state index in [1.807, 2.05) is 12.1 Å². The van der Waals surface area contributed by atoms with Crippen molar-refractivity contribution in [2.45, 2.75) is 6.54 Å². The van der Waals surface area contributed by atoms with Crippen LogP contribution in [0.25, 0.3) is 0 Å². The molecule has 2 rings (SSSR count). The second-order valence-electron chi connectivity index (χ2n) is 3.42.